The molecule has 30 heavy (non-hydrogen) atoms. The van der Waals surface area contributed by atoms with Crippen molar-refractivity contribution >= 4 is 10.9 Å². The van der Waals surface area contributed by atoms with Crippen LogP contribution in [0, 0.1) is 0 Å². The predicted molar refractivity (Wildman–Crippen MR) is 115 cm³/mol. The van der Waals surface area contributed by atoms with Gasteiger partial charge < -0.3 is 9.67 Å². The molecule has 5 rings (SSSR count). The minimum Gasteiger partial charge on any atom is -0.396 e. The number of rotatable bonds is 6. The van der Waals surface area contributed by atoms with Crippen molar-refractivity contribution in [3.63, 3.8) is 0 Å². The number of nitrogens with zero attached hydrogens (tertiary/aromatic N) is 6. The van der Waals surface area contributed by atoms with E-state index in [0.29, 0.717) is 5.82 Å². The van der Waals surface area contributed by atoms with Gasteiger partial charge in [-0.05, 0) is 18.1 Å². The highest BCUT2D eigenvalue weighted by molar-refractivity contribution is 5.83. The number of fused-ring (bicyclic) bond motifs is 2. The van der Waals surface area contributed by atoms with Gasteiger partial charge in [-0.15, -0.1) is 0 Å². The number of benzene rings is 1. The van der Waals surface area contributed by atoms with Gasteiger partial charge in [0.05, 0.1) is 11.3 Å². The number of hydrogen-bond acceptors (Lipinski definition) is 6. The van der Waals surface area contributed by atoms with Gasteiger partial charge in [0.2, 0.25) is 0 Å². The molecule has 1 aliphatic heterocycles. The maximum absolute atomic E-state index is 9.21. The Kier molecular flexibility index (Phi) is 5.21. The molecule has 0 unspecified atom stereocenters. The second kappa shape index (κ2) is 8.30. The standard InChI is InChI=1S/C23H24N6O/c30-9-3-7-29-15-19(20-4-1-2-5-22(20)29)14-28-8-6-21-18(13-28)12-26-23(27-21)17-10-24-16-25-11-17/h1-2,4-5,10-12,15-16,30H,3,6-9,13-14H2. The predicted octanol–water partition coefficient (Wildman–Crippen LogP) is 2.83. The zero-order valence-corrected chi connectivity index (χ0v) is 16.8. The Morgan fingerprint density at radius 2 is 1.93 bits per heavy atom. The minimum absolute atomic E-state index is 0.210. The first-order valence-corrected chi connectivity index (χ1v) is 10.3. The summed E-state index contributed by atoms with van der Waals surface area (Å²) in [6.45, 7) is 3.74. The Labute approximate surface area is 175 Å². The molecule has 1 aromatic carbocycles. The third-order valence-corrected chi connectivity index (χ3v) is 5.65. The quantitative estimate of drug-likeness (QED) is 0.536. The molecule has 1 N–H and O–H groups in total. The van der Waals surface area contributed by atoms with E-state index >= 15 is 0 Å². The summed E-state index contributed by atoms with van der Waals surface area (Å²) in [6, 6.07) is 8.52. The highest BCUT2D eigenvalue weighted by Gasteiger charge is 2.20. The van der Waals surface area contributed by atoms with Gasteiger partial charge in [0.1, 0.15) is 6.33 Å². The van der Waals surface area contributed by atoms with Gasteiger partial charge in [-0.25, -0.2) is 19.9 Å². The van der Waals surface area contributed by atoms with Crippen LogP contribution in [0.5, 0.6) is 0 Å². The summed E-state index contributed by atoms with van der Waals surface area (Å²) >= 11 is 0. The lowest BCUT2D eigenvalue weighted by Gasteiger charge is -2.27. The van der Waals surface area contributed by atoms with E-state index in [0.717, 1.165) is 50.3 Å². The summed E-state index contributed by atoms with van der Waals surface area (Å²) in [5.74, 6) is 0.690. The van der Waals surface area contributed by atoms with Gasteiger partial charge >= 0.3 is 0 Å². The van der Waals surface area contributed by atoms with Crippen molar-refractivity contribution in [2.45, 2.75) is 32.5 Å². The minimum atomic E-state index is 0.210. The molecule has 0 fully saturated rings. The van der Waals surface area contributed by atoms with Crippen molar-refractivity contribution in [1.82, 2.24) is 29.4 Å². The highest BCUT2D eigenvalue weighted by atomic mass is 16.3. The van der Waals surface area contributed by atoms with Crippen molar-refractivity contribution in [2.75, 3.05) is 13.2 Å². The smallest absolute Gasteiger partial charge is 0.162 e. The topological polar surface area (TPSA) is 80.0 Å². The molecular weight excluding hydrogens is 376 g/mol. The average molecular weight is 400 g/mol. The SMILES string of the molecule is OCCCn1cc(CN2CCc3nc(-c4cncnc4)ncc3C2)c2ccccc21. The molecule has 0 aliphatic carbocycles. The molecule has 4 aromatic rings. The normalized spacial score (nSPS) is 14.2. The lowest BCUT2D eigenvalue weighted by atomic mass is 10.1. The number of para-hydroxylation sites is 1. The lowest BCUT2D eigenvalue weighted by molar-refractivity contribution is 0.243. The molecule has 152 valence electrons. The molecular formula is C23H24N6O. The summed E-state index contributed by atoms with van der Waals surface area (Å²) in [4.78, 5) is 19.9. The summed E-state index contributed by atoms with van der Waals surface area (Å²) in [5, 5.41) is 10.5. The molecule has 0 spiro atoms. The zero-order chi connectivity index (χ0) is 20.3. The molecule has 0 atom stereocenters. The van der Waals surface area contributed by atoms with Crippen molar-refractivity contribution < 1.29 is 5.11 Å². The zero-order valence-electron chi connectivity index (χ0n) is 16.8. The first-order chi connectivity index (χ1) is 14.8. The van der Waals surface area contributed by atoms with Gasteiger partial charge in [0, 0.05) is 80.5 Å². The van der Waals surface area contributed by atoms with E-state index in [1.807, 2.05) is 6.20 Å². The molecule has 4 heterocycles. The van der Waals surface area contributed by atoms with Gasteiger partial charge in [0.25, 0.3) is 0 Å². The lowest BCUT2D eigenvalue weighted by Crippen LogP contribution is -2.30. The van der Waals surface area contributed by atoms with Crippen LogP contribution >= 0.6 is 0 Å². The molecule has 0 saturated heterocycles. The Morgan fingerprint density at radius 1 is 1.07 bits per heavy atom. The Morgan fingerprint density at radius 3 is 2.80 bits per heavy atom. The fourth-order valence-corrected chi connectivity index (χ4v) is 4.18. The summed E-state index contributed by atoms with van der Waals surface area (Å²) in [5.41, 5.74) is 5.71. The van der Waals surface area contributed by atoms with E-state index in [4.69, 9.17) is 4.98 Å². The van der Waals surface area contributed by atoms with Gasteiger partial charge in [-0.2, -0.15) is 0 Å². The van der Waals surface area contributed by atoms with E-state index in [9.17, 15) is 5.11 Å². The number of aryl methyl sites for hydroxylation is 1. The molecule has 7 heteroatoms. The van der Waals surface area contributed by atoms with Crippen LogP contribution in [-0.4, -0.2) is 47.7 Å². The van der Waals surface area contributed by atoms with Gasteiger partial charge in [0.15, 0.2) is 5.82 Å². The molecule has 0 radical (unpaired) electrons. The summed E-state index contributed by atoms with van der Waals surface area (Å²) in [6.07, 6.45) is 10.9. The average Bonchev–Trinajstić information content (AvgIpc) is 3.15. The van der Waals surface area contributed by atoms with Crippen molar-refractivity contribution in [2.24, 2.45) is 0 Å². The Balaban J connectivity index is 1.36. The van der Waals surface area contributed by atoms with E-state index in [2.05, 4.69) is 54.9 Å². The van der Waals surface area contributed by atoms with Crippen LogP contribution in [0.1, 0.15) is 23.2 Å². The first-order valence-electron chi connectivity index (χ1n) is 10.3. The van der Waals surface area contributed by atoms with Crippen LogP contribution in [0.15, 0.2) is 55.4 Å². The molecule has 0 amide bonds. The number of aliphatic hydroxyl groups is 1. The van der Waals surface area contributed by atoms with Crippen molar-refractivity contribution in [1.29, 1.82) is 0 Å². The maximum atomic E-state index is 9.21. The van der Waals surface area contributed by atoms with E-state index in [-0.39, 0.29) is 6.61 Å². The maximum Gasteiger partial charge on any atom is 0.162 e. The van der Waals surface area contributed by atoms with E-state index < -0.39 is 0 Å². The van der Waals surface area contributed by atoms with E-state index in [1.54, 1.807) is 12.4 Å². The molecule has 0 saturated carbocycles. The summed E-state index contributed by atoms with van der Waals surface area (Å²) in [7, 11) is 0. The van der Waals surface area contributed by atoms with Crippen LogP contribution in [0.2, 0.25) is 0 Å². The number of hydrogen-bond donors (Lipinski definition) is 1. The highest BCUT2D eigenvalue weighted by Crippen LogP contribution is 2.26. The second-order valence-electron chi connectivity index (χ2n) is 7.70. The fraction of sp³-hybridized carbons (Fsp3) is 0.304. The molecule has 7 nitrogen and oxygen atoms in total. The molecule has 0 bridgehead atoms. The van der Waals surface area contributed by atoms with Gasteiger partial charge in [-0.1, -0.05) is 18.2 Å². The van der Waals surface area contributed by atoms with Gasteiger partial charge in [-0.3, -0.25) is 4.90 Å². The van der Waals surface area contributed by atoms with Crippen LogP contribution in [0.4, 0.5) is 0 Å². The fourth-order valence-electron chi connectivity index (χ4n) is 4.18. The molecule has 3 aromatic heterocycles. The number of aromatic nitrogens is 5. The van der Waals surface area contributed by atoms with Crippen molar-refractivity contribution in [3.8, 4) is 11.4 Å². The van der Waals surface area contributed by atoms with Crippen molar-refractivity contribution in [3.05, 3.63) is 72.2 Å². The van der Waals surface area contributed by atoms with Crippen LogP contribution in [0.25, 0.3) is 22.3 Å². The van der Waals surface area contributed by atoms with Crippen LogP contribution in [-0.2, 0) is 26.1 Å². The second-order valence-corrected chi connectivity index (χ2v) is 7.70. The number of aliphatic hydroxyl groups excluding tert-OH is 1. The third-order valence-electron chi connectivity index (χ3n) is 5.65. The van der Waals surface area contributed by atoms with Crippen LogP contribution in [0.3, 0.4) is 0 Å². The third kappa shape index (κ3) is 3.69. The van der Waals surface area contributed by atoms with Crippen LogP contribution < -0.4 is 0 Å². The van der Waals surface area contributed by atoms with E-state index in [1.165, 1.54) is 28.4 Å². The molecule has 1 aliphatic rings. The first kappa shape index (κ1) is 18.8. The Bertz CT molecular complexity index is 1160. The summed E-state index contributed by atoms with van der Waals surface area (Å²) < 4.78 is 2.26. The largest absolute Gasteiger partial charge is 0.396 e. The monoisotopic (exact) mass is 400 g/mol. The Hall–Kier alpha value is -3.16.